The smallest absolute Gasteiger partial charge is 0.397 e. The number of halogens is 5. The number of alkyl halides is 3. The Morgan fingerprint density at radius 2 is 1.95 bits per heavy atom. The molecular weight excluding hydrogens is 324 g/mol. The fourth-order valence-corrected chi connectivity index (χ4v) is 2.10. The molecule has 106 valence electrons. The van der Waals surface area contributed by atoms with E-state index < -0.39 is 42.6 Å². The van der Waals surface area contributed by atoms with E-state index in [0.717, 1.165) is 0 Å². The third-order valence-corrected chi connectivity index (χ3v) is 2.90. The first-order valence-electron chi connectivity index (χ1n) is 3.97. The highest BCUT2D eigenvalue weighted by atomic mass is 35.7. The summed E-state index contributed by atoms with van der Waals surface area (Å²) in [6, 6.07) is 0. The SMILES string of the molecule is O=[N+]([O-])c1c(OC(F)(F)F)cnc(F)c1S(=O)(=O)Cl. The zero-order chi connectivity index (χ0) is 15.0. The molecule has 0 aromatic carbocycles. The van der Waals surface area contributed by atoms with Crippen molar-refractivity contribution in [3.63, 3.8) is 0 Å². The molecule has 13 heteroatoms. The van der Waals surface area contributed by atoms with E-state index in [1.54, 1.807) is 0 Å². The number of hydrogen-bond donors (Lipinski definition) is 0. The van der Waals surface area contributed by atoms with Crippen molar-refractivity contribution in [2.75, 3.05) is 0 Å². The Balaban J connectivity index is 3.65. The van der Waals surface area contributed by atoms with Gasteiger partial charge in [-0.05, 0) is 0 Å². The molecule has 1 heterocycles. The second-order valence-corrected chi connectivity index (χ2v) is 5.34. The summed E-state index contributed by atoms with van der Waals surface area (Å²) in [4.78, 5) is 9.79. The fourth-order valence-electron chi connectivity index (χ4n) is 1.03. The van der Waals surface area contributed by atoms with Gasteiger partial charge in [-0.25, -0.2) is 13.4 Å². The largest absolute Gasteiger partial charge is 0.573 e. The Hall–Kier alpha value is -1.69. The number of hydrogen-bond acceptors (Lipinski definition) is 6. The molecule has 0 spiro atoms. The molecule has 0 radical (unpaired) electrons. The molecule has 0 amide bonds. The van der Waals surface area contributed by atoms with Crippen LogP contribution in [0, 0.1) is 16.1 Å². The lowest BCUT2D eigenvalue weighted by Gasteiger charge is -2.10. The number of pyridine rings is 1. The second-order valence-electron chi connectivity index (χ2n) is 2.83. The van der Waals surface area contributed by atoms with Gasteiger partial charge in [0.05, 0.1) is 11.1 Å². The maximum absolute atomic E-state index is 13.1. The second kappa shape index (κ2) is 4.77. The van der Waals surface area contributed by atoms with E-state index in [-0.39, 0.29) is 6.20 Å². The Morgan fingerprint density at radius 1 is 1.42 bits per heavy atom. The number of aromatic nitrogens is 1. The molecule has 7 nitrogen and oxygen atoms in total. The third kappa shape index (κ3) is 3.64. The summed E-state index contributed by atoms with van der Waals surface area (Å²) in [6.07, 6.45) is -5.34. The first-order valence-corrected chi connectivity index (χ1v) is 6.27. The van der Waals surface area contributed by atoms with Crippen LogP contribution >= 0.6 is 10.7 Å². The number of nitrogens with zero attached hydrogens (tertiary/aromatic N) is 2. The molecule has 0 bridgehead atoms. The standard InChI is InChI=1S/C6HClF4N2O5S/c7-19(16,17)4-3(13(14)15)2(1-12-5(4)8)18-6(9,10)11/h1H. The van der Waals surface area contributed by atoms with Gasteiger partial charge in [-0.2, -0.15) is 4.39 Å². The van der Waals surface area contributed by atoms with Gasteiger partial charge in [-0.1, -0.05) is 0 Å². The maximum atomic E-state index is 13.1. The van der Waals surface area contributed by atoms with E-state index in [2.05, 4.69) is 9.72 Å². The molecule has 0 saturated heterocycles. The van der Waals surface area contributed by atoms with Crippen LogP contribution in [-0.2, 0) is 9.05 Å². The van der Waals surface area contributed by atoms with Crippen LogP contribution in [0.2, 0.25) is 0 Å². The summed E-state index contributed by atoms with van der Waals surface area (Å²) in [5.41, 5.74) is -1.79. The van der Waals surface area contributed by atoms with Gasteiger partial charge in [-0.3, -0.25) is 10.1 Å². The first-order chi connectivity index (χ1) is 8.43. The first kappa shape index (κ1) is 15.4. The lowest BCUT2D eigenvalue weighted by Crippen LogP contribution is -2.19. The van der Waals surface area contributed by atoms with Gasteiger partial charge >= 0.3 is 12.0 Å². The molecular formula is C6HClF4N2O5S. The van der Waals surface area contributed by atoms with Crippen LogP contribution in [0.25, 0.3) is 0 Å². The molecule has 19 heavy (non-hydrogen) atoms. The molecule has 0 aliphatic heterocycles. The third-order valence-electron chi connectivity index (χ3n) is 1.58. The average molecular weight is 325 g/mol. The van der Waals surface area contributed by atoms with E-state index >= 15 is 0 Å². The summed E-state index contributed by atoms with van der Waals surface area (Å²) in [5.74, 6) is -3.52. The molecule has 0 atom stereocenters. The summed E-state index contributed by atoms with van der Waals surface area (Å²) in [6.45, 7) is 0. The van der Waals surface area contributed by atoms with Crippen molar-refractivity contribution in [1.82, 2.24) is 4.98 Å². The van der Waals surface area contributed by atoms with Crippen molar-refractivity contribution in [3.05, 3.63) is 22.3 Å². The zero-order valence-electron chi connectivity index (χ0n) is 8.31. The predicted octanol–water partition coefficient (Wildman–Crippen LogP) is 1.96. The summed E-state index contributed by atoms with van der Waals surface area (Å²) < 4.78 is 74.1. The van der Waals surface area contributed by atoms with Crippen LogP contribution in [-0.4, -0.2) is 24.7 Å². The predicted molar refractivity (Wildman–Crippen MR) is 50.6 cm³/mol. The monoisotopic (exact) mass is 324 g/mol. The Kier molecular flexibility index (Phi) is 3.86. The maximum Gasteiger partial charge on any atom is 0.573 e. The molecule has 0 aliphatic carbocycles. The van der Waals surface area contributed by atoms with Gasteiger partial charge in [0.25, 0.3) is 9.05 Å². The van der Waals surface area contributed by atoms with Crippen molar-refractivity contribution in [2.24, 2.45) is 0 Å². The van der Waals surface area contributed by atoms with E-state index in [9.17, 15) is 36.1 Å². The van der Waals surface area contributed by atoms with Crippen molar-refractivity contribution >= 4 is 25.4 Å². The molecule has 0 unspecified atom stereocenters. The van der Waals surface area contributed by atoms with E-state index in [4.69, 9.17) is 10.7 Å². The topological polar surface area (TPSA) is 99.4 Å². The van der Waals surface area contributed by atoms with Crippen LogP contribution in [0.1, 0.15) is 0 Å². The van der Waals surface area contributed by atoms with Gasteiger partial charge in [0.2, 0.25) is 16.6 Å². The number of rotatable bonds is 3. The van der Waals surface area contributed by atoms with Gasteiger partial charge in [0, 0.05) is 10.7 Å². The van der Waals surface area contributed by atoms with Gasteiger partial charge in [0.15, 0.2) is 0 Å². The van der Waals surface area contributed by atoms with Gasteiger partial charge < -0.3 is 4.74 Å². The van der Waals surface area contributed by atoms with Gasteiger partial charge in [-0.15, -0.1) is 13.2 Å². The molecule has 0 saturated carbocycles. The molecule has 0 aliphatic rings. The van der Waals surface area contributed by atoms with E-state index in [1.165, 1.54) is 0 Å². The van der Waals surface area contributed by atoms with Crippen LogP contribution in [0.15, 0.2) is 11.1 Å². The molecule has 0 fully saturated rings. The molecule has 1 rings (SSSR count). The summed E-state index contributed by atoms with van der Waals surface area (Å²) in [7, 11) is -0.334. The normalized spacial score (nSPS) is 12.3. The van der Waals surface area contributed by atoms with Gasteiger partial charge in [0.1, 0.15) is 0 Å². The van der Waals surface area contributed by atoms with Crippen molar-refractivity contribution < 1.29 is 35.6 Å². The van der Waals surface area contributed by atoms with Crippen molar-refractivity contribution in [1.29, 1.82) is 0 Å². The Labute approximate surface area is 106 Å². The van der Waals surface area contributed by atoms with Crippen LogP contribution in [0.5, 0.6) is 5.75 Å². The molecule has 1 aromatic rings. The Morgan fingerprint density at radius 3 is 2.32 bits per heavy atom. The lowest BCUT2D eigenvalue weighted by molar-refractivity contribution is -0.392. The van der Waals surface area contributed by atoms with E-state index in [1.807, 2.05) is 0 Å². The average Bonchev–Trinajstić information content (AvgIpc) is 2.15. The Bertz CT molecular complexity index is 631. The number of nitro groups is 1. The lowest BCUT2D eigenvalue weighted by atomic mass is 10.4. The molecule has 1 aromatic heterocycles. The van der Waals surface area contributed by atoms with Crippen molar-refractivity contribution in [3.8, 4) is 5.75 Å². The van der Waals surface area contributed by atoms with Crippen molar-refractivity contribution in [2.45, 2.75) is 11.3 Å². The quantitative estimate of drug-likeness (QED) is 0.277. The summed E-state index contributed by atoms with van der Waals surface area (Å²) in [5, 5.41) is 10.6. The molecule has 0 N–H and O–H groups in total. The van der Waals surface area contributed by atoms with E-state index in [0.29, 0.717) is 0 Å². The minimum atomic E-state index is -5.36. The summed E-state index contributed by atoms with van der Waals surface area (Å²) >= 11 is 0. The highest BCUT2D eigenvalue weighted by Crippen LogP contribution is 2.38. The van der Waals surface area contributed by atoms with Crippen LogP contribution in [0.4, 0.5) is 23.2 Å². The minimum absolute atomic E-state index is 0.0204. The fraction of sp³-hybridized carbons (Fsp3) is 0.167. The number of ether oxygens (including phenoxy) is 1. The van der Waals surface area contributed by atoms with Crippen LogP contribution < -0.4 is 4.74 Å². The van der Waals surface area contributed by atoms with Crippen LogP contribution in [0.3, 0.4) is 0 Å². The minimum Gasteiger partial charge on any atom is -0.397 e. The zero-order valence-corrected chi connectivity index (χ0v) is 9.88. The highest BCUT2D eigenvalue weighted by Gasteiger charge is 2.40. The highest BCUT2D eigenvalue weighted by molar-refractivity contribution is 8.13.